The van der Waals surface area contributed by atoms with E-state index in [1.165, 1.54) is 0 Å². The molecule has 0 saturated carbocycles. The first-order valence-electron chi connectivity index (χ1n) is 5.50. The van der Waals surface area contributed by atoms with Gasteiger partial charge in [0.1, 0.15) is 5.82 Å². The van der Waals surface area contributed by atoms with Crippen LogP contribution in [0.3, 0.4) is 0 Å². The van der Waals surface area contributed by atoms with Gasteiger partial charge in [-0.1, -0.05) is 32.9 Å². The first kappa shape index (κ1) is 12.3. The molecule has 17 heavy (non-hydrogen) atoms. The van der Waals surface area contributed by atoms with Gasteiger partial charge in [-0.2, -0.15) is 0 Å². The molecule has 2 rings (SSSR count). The Morgan fingerprint density at radius 3 is 2.59 bits per heavy atom. The summed E-state index contributed by atoms with van der Waals surface area (Å²) in [5, 5.41) is 1.11. The lowest BCUT2D eigenvalue weighted by atomic mass is 9.86. The third-order valence-electron chi connectivity index (χ3n) is 2.74. The molecule has 1 aromatic carbocycles. The summed E-state index contributed by atoms with van der Waals surface area (Å²) >= 11 is 3.50. The number of aromatic nitrogens is 1. The zero-order chi connectivity index (χ0) is 12.6. The van der Waals surface area contributed by atoms with Crippen LogP contribution in [0.5, 0.6) is 0 Å². The molecular weight excluding hydrogens is 278 g/mol. The third-order valence-corrected chi connectivity index (χ3v) is 3.38. The van der Waals surface area contributed by atoms with Gasteiger partial charge < -0.3 is 5.43 Å². The van der Waals surface area contributed by atoms with Gasteiger partial charge in [-0.3, -0.25) is 0 Å². The van der Waals surface area contributed by atoms with Crippen LogP contribution in [-0.4, -0.2) is 4.98 Å². The number of halogens is 1. The van der Waals surface area contributed by atoms with Crippen molar-refractivity contribution in [3.8, 4) is 0 Å². The number of hydrazine groups is 1. The van der Waals surface area contributed by atoms with E-state index in [1.54, 1.807) is 0 Å². The fraction of sp³-hybridized carbons (Fsp3) is 0.308. The Hall–Kier alpha value is -1.13. The second kappa shape index (κ2) is 4.27. The fourth-order valence-electron chi connectivity index (χ4n) is 1.84. The standard InChI is InChI=1S/C13H16BrN3/c1-13(2,3)9-7-8-5-4-6-10(14)11(8)16-12(9)17-15/h4-7H,15H2,1-3H3,(H,16,17). The lowest BCUT2D eigenvalue weighted by molar-refractivity contribution is 0.590. The van der Waals surface area contributed by atoms with Crippen molar-refractivity contribution in [2.24, 2.45) is 5.84 Å². The molecule has 1 heterocycles. The lowest BCUT2D eigenvalue weighted by Crippen LogP contribution is -2.19. The van der Waals surface area contributed by atoms with Crippen molar-refractivity contribution in [1.82, 2.24) is 4.98 Å². The fourth-order valence-corrected chi connectivity index (χ4v) is 2.31. The highest BCUT2D eigenvalue weighted by Gasteiger charge is 2.20. The van der Waals surface area contributed by atoms with Gasteiger partial charge in [0, 0.05) is 15.4 Å². The molecule has 90 valence electrons. The van der Waals surface area contributed by atoms with Gasteiger partial charge in [0.2, 0.25) is 0 Å². The molecule has 1 aromatic heterocycles. The molecule has 3 N–H and O–H groups in total. The largest absolute Gasteiger partial charge is 0.308 e. The molecule has 4 heteroatoms. The summed E-state index contributed by atoms with van der Waals surface area (Å²) in [5.41, 5.74) is 4.74. The van der Waals surface area contributed by atoms with E-state index in [9.17, 15) is 0 Å². The summed E-state index contributed by atoms with van der Waals surface area (Å²) < 4.78 is 0.979. The molecule has 0 spiro atoms. The van der Waals surface area contributed by atoms with Gasteiger partial charge in [-0.15, -0.1) is 0 Å². The van der Waals surface area contributed by atoms with Crippen molar-refractivity contribution in [2.45, 2.75) is 26.2 Å². The smallest absolute Gasteiger partial charge is 0.144 e. The molecule has 3 nitrogen and oxygen atoms in total. The number of nitrogens with two attached hydrogens (primary N) is 1. The maximum absolute atomic E-state index is 5.56. The van der Waals surface area contributed by atoms with Crippen molar-refractivity contribution >= 4 is 32.7 Å². The minimum atomic E-state index is 0.00517. The number of rotatable bonds is 1. The van der Waals surface area contributed by atoms with E-state index in [-0.39, 0.29) is 5.41 Å². The van der Waals surface area contributed by atoms with Crippen LogP contribution in [0.2, 0.25) is 0 Å². The number of anilines is 1. The van der Waals surface area contributed by atoms with Gasteiger partial charge in [0.25, 0.3) is 0 Å². The van der Waals surface area contributed by atoms with Crippen LogP contribution in [-0.2, 0) is 5.41 Å². The van der Waals surface area contributed by atoms with Crippen molar-refractivity contribution < 1.29 is 0 Å². The van der Waals surface area contributed by atoms with Crippen molar-refractivity contribution in [3.63, 3.8) is 0 Å². The van der Waals surface area contributed by atoms with Crippen molar-refractivity contribution in [2.75, 3.05) is 5.43 Å². The highest BCUT2D eigenvalue weighted by Crippen LogP contribution is 2.32. The quantitative estimate of drug-likeness (QED) is 0.624. The van der Waals surface area contributed by atoms with Crippen LogP contribution < -0.4 is 11.3 Å². The number of nitrogens with zero attached hydrogens (tertiary/aromatic N) is 1. The number of para-hydroxylation sites is 1. The van der Waals surface area contributed by atoms with Crippen LogP contribution in [0.25, 0.3) is 10.9 Å². The van der Waals surface area contributed by atoms with Crippen LogP contribution in [0.1, 0.15) is 26.3 Å². The van der Waals surface area contributed by atoms with Gasteiger partial charge in [-0.25, -0.2) is 10.8 Å². The second-order valence-electron chi connectivity index (χ2n) is 5.09. The number of nitrogens with one attached hydrogen (secondary N) is 1. The predicted molar refractivity (Wildman–Crippen MR) is 76.0 cm³/mol. The Morgan fingerprint density at radius 1 is 1.29 bits per heavy atom. The summed E-state index contributed by atoms with van der Waals surface area (Å²) in [4.78, 5) is 4.58. The topological polar surface area (TPSA) is 50.9 Å². The molecule has 0 aliphatic carbocycles. The van der Waals surface area contributed by atoms with E-state index in [4.69, 9.17) is 5.84 Å². The number of pyridine rings is 1. The summed E-state index contributed by atoms with van der Waals surface area (Å²) in [6.07, 6.45) is 0. The number of hydrogen-bond donors (Lipinski definition) is 2. The van der Waals surface area contributed by atoms with E-state index in [1.807, 2.05) is 12.1 Å². The van der Waals surface area contributed by atoms with Crippen molar-refractivity contribution in [3.05, 3.63) is 34.3 Å². The molecule has 0 radical (unpaired) electrons. The van der Waals surface area contributed by atoms with Gasteiger partial charge in [-0.05, 0) is 33.5 Å². The molecule has 0 unspecified atom stereocenters. The highest BCUT2D eigenvalue weighted by molar-refractivity contribution is 9.10. The Kier molecular flexibility index (Phi) is 3.10. The first-order chi connectivity index (χ1) is 7.93. The normalized spacial score (nSPS) is 11.8. The maximum atomic E-state index is 5.56. The third kappa shape index (κ3) is 2.28. The van der Waals surface area contributed by atoms with Crippen LogP contribution >= 0.6 is 15.9 Å². The molecule has 0 amide bonds. The molecular formula is C13H16BrN3. The highest BCUT2D eigenvalue weighted by atomic mass is 79.9. The van der Waals surface area contributed by atoms with Crippen LogP contribution in [0.15, 0.2) is 28.7 Å². The Morgan fingerprint density at radius 2 is 2.00 bits per heavy atom. The SMILES string of the molecule is CC(C)(C)c1cc2cccc(Br)c2nc1NN. The maximum Gasteiger partial charge on any atom is 0.144 e. The van der Waals surface area contributed by atoms with Gasteiger partial charge in [0.15, 0.2) is 0 Å². The lowest BCUT2D eigenvalue weighted by Gasteiger charge is -2.22. The minimum absolute atomic E-state index is 0.00517. The number of hydrogen-bond acceptors (Lipinski definition) is 3. The van der Waals surface area contributed by atoms with Gasteiger partial charge >= 0.3 is 0 Å². The molecule has 0 saturated heterocycles. The summed E-state index contributed by atoms with van der Waals surface area (Å²) in [7, 11) is 0. The Balaban J connectivity index is 2.78. The number of fused-ring (bicyclic) bond motifs is 1. The average molecular weight is 294 g/mol. The average Bonchev–Trinajstić information content (AvgIpc) is 2.27. The van der Waals surface area contributed by atoms with Crippen molar-refractivity contribution in [1.29, 1.82) is 0 Å². The Labute approximate surface area is 110 Å². The number of nitrogen functional groups attached to an aromatic ring is 1. The van der Waals surface area contributed by atoms with E-state index < -0.39 is 0 Å². The molecule has 0 bridgehead atoms. The van der Waals surface area contributed by atoms with Crippen LogP contribution in [0, 0.1) is 0 Å². The van der Waals surface area contributed by atoms with E-state index in [0.29, 0.717) is 0 Å². The zero-order valence-corrected chi connectivity index (χ0v) is 11.8. The molecule has 0 aliphatic heterocycles. The van der Waals surface area contributed by atoms with E-state index in [2.05, 4.69) is 59.2 Å². The van der Waals surface area contributed by atoms with E-state index >= 15 is 0 Å². The predicted octanol–water partition coefficient (Wildman–Crippen LogP) is 3.58. The van der Waals surface area contributed by atoms with Crippen LogP contribution in [0.4, 0.5) is 5.82 Å². The zero-order valence-electron chi connectivity index (χ0n) is 10.2. The minimum Gasteiger partial charge on any atom is -0.308 e. The van der Waals surface area contributed by atoms with Gasteiger partial charge in [0.05, 0.1) is 5.52 Å². The molecule has 0 fully saturated rings. The Bertz CT molecular complexity index is 558. The monoisotopic (exact) mass is 293 g/mol. The molecule has 2 aromatic rings. The summed E-state index contributed by atoms with van der Waals surface area (Å²) in [6, 6.07) is 8.19. The molecule has 0 atom stereocenters. The number of benzene rings is 1. The second-order valence-corrected chi connectivity index (χ2v) is 5.94. The summed E-state index contributed by atoms with van der Waals surface area (Å²) in [6.45, 7) is 6.44. The van der Waals surface area contributed by atoms with E-state index in [0.717, 1.165) is 26.8 Å². The molecule has 0 aliphatic rings. The first-order valence-corrected chi connectivity index (χ1v) is 6.29. The summed E-state index contributed by atoms with van der Waals surface area (Å²) in [5.74, 6) is 6.29.